The Kier molecular flexibility index (Phi) is 5.51. The van der Waals surface area contributed by atoms with Gasteiger partial charge in [-0.2, -0.15) is 9.36 Å². The molecule has 0 atom stereocenters. The number of tetrazole rings is 2. The minimum Gasteiger partial charge on any atom is -0.320 e. The zero-order chi connectivity index (χ0) is 23.3. The molecule has 166 valence electrons. The number of carbonyl (C=O) groups excluding carboxylic acids is 2. The summed E-state index contributed by atoms with van der Waals surface area (Å²) >= 11 is 0. The van der Waals surface area contributed by atoms with E-state index in [1.54, 1.807) is 60.7 Å². The molecule has 0 aliphatic carbocycles. The highest BCUT2D eigenvalue weighted by molar-refractivity contribution is 6.08. The molecule has 0 fully saturated rings. The first-order valence-electron chi connectivity index (χ1n) is 10.1. The Labute approximate surface area is 192 Å². The molecule has 3 aromatic carbocycles. The lowest BCUT2D eigenvalue weighted by molar-refractivity contribution is 0.101. The van der Waals surface area contributed by atoms with Gasteiger partial charge in [0.05, 0.1) is 22.7 Å². The van der Waals surface area contributed by atoms with Crippen LogP contribution in [0.15, 0.2) is 85.5 Å². The van der Waals surface area contributed by atoms with E-state index in [9.17, 15) is 9.59 Å². The van der Waals surface area contributed by atoms with Crippen LogP contribution >= 0.6 is 0 Å². The third-order valence-electron chi connectivity index (χ3n) is 4.87. The maximum absolute atomic E-state index is 12.9. The summed E-state index contributed by atoms with van der Waals surface area (Å²) in [6.07, 6.45) is 2.78. The molecule has 12 heteroatoms. The lowest BCUT2D eigenvalue weighted by Gasteiger charge is -2.17. The number of aromatic nitrogens is 8. The van der Waals surface area contributed by atoms with Gasteiger partial charge in [-0.1, -0.05) is 36.4 Å². The second kappa shape index (κ2) is 9.08. The first-order chi connectivity index (χ1) is 16.7. The number of benzene rings is 3. The predicted molar refractivity (Wildman–Crippen MR) is 121 cm³/mol. The zero-order valence-electron chi connectivity index (χ0n) is 17.5. The highest BCUT2D eigenvalue weighted by Crippen LogP contribution is 2.31. The van der Waals surface area contributed by atoms with Crippen molar-refractivity contribution in [3.05, 3.63) is 96.6 Å². The number of rotatable bonds is 6. The van der Waals surface area contributed by atoms with Gasteiger partial charge in [0.1, 0.15) is 12.7 Å². The van der Waals surface area contributed by atoms with Crippen molar-refractivity contribution in [2.45, 2.75) is 0 Å². The predicted octanol–water partition coefficient (Wildman–Crippen LogP) is 2.14. The van der Waals surface area contributed by atoms with Gasteiger partial charge in [-0.3, -0.25) is 9.59 Å². The van der Waals surface area contributed by atoms with E-state index < -0.39 is 0 Å². The van der Waals surface area contributed by atoms with Gasteiger partial charge in [-0.15, -0.1) is 10.2 Å². The Morgan fingerprint density at radius 1 is 0.618 bits per heavy atom. The van der Waals surface area contributed by atoms with Gasteiger partial charge in [0.2, 0.25) is 0 Å². The quantitative estimate of drug-likeness (QED) is 0.399. The fraction of sp³-hybridized carbons (Fsp3) is 0. The smallest absolute Gasteiger partial charge is 0.255 e. The molecule has 0 aliphatic heterocycles. The fourth-order valence-electron chi connectivity index (χ4n) is 3.27. The summed E-state index contributed by atoms with van der Waals surface area (Å²) in [6, 6.07) is 20.8. The Balaban J connectivity index is 1.61. The van der Waals surface area contributed by atoms with Crippen LogP contribution in [0.4, 0.5) is 11.4 Å². The molecule has 0 bridgehead atoms. The lowest BCUT2D eigenvalue weighted by atomic mass is 10.1. The minimum absolute atomic E-state index is 0.342. The Bertz CT molecular complexity index is 1310. The van der Waals surface area contributed by atoms with E-state index in [0.29, 0.717) is 33.9 Å². The molecule has 5 aromatic rings. The van der Waals surface area contributed by atoms with Crippen LogP contribution in [0.3, 0.4) is 0 Å². The van der Waals surface area contributed by atoms with Gasteiger partial charge < -0.3 is 10.6 Å². The van der Waals surface area contributed by atoms with Crippen molar-refractivity contribution >= 4 is 23.2 Å². The van der Waals surface area contributed by atoms with Gasteiger partial charge in [0, 0.05) is 11.1 Å². The van der Waals surface area contributed by atoms with Gasteiger partial charge in [0.25, 0.3) is 11.8 Å². The van der Waals surface area contributed by atoms with Crippen LogP contribution in [-0.2, 0) is 0 Å². The van der Waals surface area contributed by atoms with Crippen LogP contribution in [0.25, 0.3) is 11.4 Å². The maximum atomic E-state index is 12.9. The largest absolute Gasteiger partial charge is 0.320 e. The van der Waals surface area contributed by atoms with E-state index in [2.05, 4.69) is 41.7 Å². The maximum Gasteiger partial charge on any atom is 0.255 e. The second-order valence-electron chi connectivity index (χ2n) is 7.04. The van der Waals surface area contributed by atoms with Crippen molar-refractivity contribution in [2.75, 3.05) is 10.6 Å². The average molecular weight is 452 g/mol. The first kappa shape index (κ1) is 20.6. The first-order valence-corrected chi connectivity index (χ1v) is 10.1. The summed E-state index contributed by atoms with van der Waals surface area (Å²) in [5, 5.41) is 28.4. The lowest BCUT2D eigenvalue weighted by Crippen LogP contribution is -2.18. The SMILES string of the molecule is O=C(Nc1cc(NC(=O)c2ccccc2)c(-n2cnnn2)cc1-n1cnnn1)c1ccccc1. The highest BCUT2D eigenvalue weighted by Gasteiger charge is 2.19. The zero-order valence-corrected chi connectivity index (χ0v) is 17.5. The van der Waals surface area contributed by atoms with Gasteiger partial charge in [-0.05, 0) is 57.3 Å². The van der Waals surface area contributed by atoms with Crippen molar-refractivity contribution in [1.29, 1.82) is 0 Å². The molecule has 0 saturated heterocycles. The molecule has 2 amide bonds. The van der Waals surface area contributed by atoms with E-state index in [4.69, 9.17) is 0 Å². The highest BCUT2D eigenvalue weighted by atomic mass is 16.2. The van der Waals surface area contributed by atoms with Gasteiger partial charge >= 0.3 is 0 Å². The topological polar surface area (TPSA) is 145 Å². The van der Waals surface area contributed by atoms with Crippen LogP contribution in [0.2, 0.25) is 0 Å². The Hall–Kier alpha value is -5.26. The molecular weight excluding hydrogens is 436 g/mol. The molecule has 2 heterocycles. The number of nitrogens with one attached hydrogen (secondary N) is 2. The summed E-state index contributed by atoms with van der Waals surface area (Å²) in [7, 11) is 0. The molecule has 5 rings (SSSR count). The molecule has 34 heavy (non-hydrogen) atoms. The molecule has 0 aliphatic rings. The Morgan fingerprint density at radius 3 is 1.44 bits per heavy atom. The average Bonchev–Trinajstić information content (AvgIpc) is 3.60. The van der Waals surface area contributed by atoms with E-state index in [-0.39, 0.29) is 11.8 Å². The molecule has 2 N–H and O–H groups in total. The summed E-state index contributed by atoms with van der Waals surface area (Å²) in [4.78, 5) is 25.8. The molecule has 12 nitrogen and oxygen atoms in total. The molecule has 2 aromatic heterocycles. The number of anilines is 2. The van der Waals surface area contributed by atoms with E-state index in [1.165, 1.54) is 22.0 Å². The van der Waals surface area contributed by atoms with E-state index in [0.717, 1.165) is 0 Å². The van der Waals surface area contributed by atoms with Crippen LogP contribution in [0.1, 0.15) is 20.7 Å². The Morgan fingerprint density at radius 2 is 1.06 bits per heavy atom. The third kappa shape index (κ3) is 4.23. The number of nitrogens with zero attached hydrogens (tertiary/aromatic N) is 8. The standard InChI is InChI=1S/C22H16N10O2/c33-21(15-7-3-1-4-8-15)25-17-11-18(26-22(34)16-9-5-2-6-10-16)20(32-14-24-28-30-32)12-19(17)31-13-23-27-29-31/h1-14H,(H,25,33)(H,26,34). The summed E-state index contributed by atoms with van der Waals surface area (Å²) in [6.45, 7) is 0. The normalized spacial score (nSPS) is 10.6. The van der Waals surface area contributed by atoms with Crippen molar-refractivity contribution in [1.82, 2.24) is 40.4 Å². The molecule has 0 radical (unpaired) electrons. The molecule has 0 saturated carbocycles. The number of amides is 2. The molecule has 0 unspecified atom stereocenters. The van der Waals surface area contributed by atoms with Crippen molar-refractivity contribution in [2.24, 2.45) is 0 Å². The monoisotopic (exact) mass is 452 g/mol. The number of carbonyl (C=O) groups is 2. The number of hydrogen-bond acceptors (Lipinski definition) is 8. The van der Waals surface area contributed by atoms with Gasteiger partial charge in [-0.25, -0.2) is 0 Å². The van der Waals surface area contributed by atoms with Crippen molar-refractivity contribution in [3.63, 3.8) is 0 Å². The van der Waals surface area contributed by atoms with E-state index in [1.807, 2.05) is 12.1 Å². The van der Waals surface area contributed by atoms with Crippen LogP contribution in [-0.4, -0.2) is 52.2 Å². The minimum atomic E-state index is -0.342. The summed E-state index contributed by atoms with van der Waals surface area (Å²) in [5.41, 5.74) is 2.53. The summed E-state index contributed by atoms with van der Waals surface area (Å²) < 4.78 is 2.77. The molecule has 0 spiro atoms. The fourth-order valence-corrected chi connectivity index (χ4v) is 3.27. The van der Waals surface area contributed by atoms with E-state index >= 15 is 0 Å². The number of hydrogen-bond donors (Lipinski definition) is 2. The van der Waals surface area contributed by atoms with Crippen LogP contribution in [0, 0.1) is 0 Å². The summed E-state index contributed by atoms with van der Waals surface area (Å²) in [5.74, 6) is -0.684. The van der Waals surface area contributed by atoms with Crippen molar-refractivity contribution in [3.8, 4) is 11.4 Å². The third-order valence-corrected chi connectivity index (χ3v) is 4.87. The van der Waals surface area contributed by atoms with Crippen LogP contribution < -0.4 is 10.6 Å². The van der Waals surface area contributed by atoms with Crippen molar-refractivity contribution < 1.29 is 9.59 Å². The molecular formula is C22H16N10O2. The van der Waals surface area contributed by atoms with Gasteiger partial charge in [0.15, 0.2) is 0 Å². The second-order valence-corrected chi connectivity index (χ2v) is 7.04. The van der Waals surface area contributed by atoms with Crippen LogP contribution in [0.5, 0.6) is 0 Å².